The van der Waals surface area contributed by atoms with Crippen LogP contribution in [0.3, 0.4) is 0 Å². The Labute approximate surface area is 209 Å². The monoisotopic (exact) mass is 488 g/mol. The van der Waals surface area contributed by atoms with Crippen molar-refractivity contribution in [2.45, 2.75) is 33.2 Å². The zero-order valence-electron chi connectivity index (χ0n) is 20.8. The fourth-order valence-electron chi connectivity index (χ4n) is 4.41. The molecule has 0 radical (unpaired) electrons. The van der Waals surface area contributed by atoms with E-state index >= 15 is 0 Å². The van der Waals surface area contributed by atoms with E-state index in [1.165, 1.54) is 0 Å². The number of methoxy groups -OCH3 is 2. The van der Waals surface area contributed by atoms with Gasteiger partial charge in [0.05, 0.1) is 19.9 Å². The van der Waals surface area contributed by atoms with Crippen molar-refractivity contribution in [2.75, 3.05) is 21.0 Å². The molecule has 1 aliphatic heterocycles. The molecule has 0 fully saturated rings. The van der Waals surface area contributed by atoms with Crippen LogP contribution in [-0.2, 0) is 17.8 Å². The van der Waals surface area contributed by atoms with Gasteiger partial charge in [0, 0.05) is 42.0 Å². The summed E-state index contributed by atoms with van der Waals surface area (Å²) in [6.07, 6.45) is 0.911. The predicted octanol–water partition coefficient (Wildman–Crippen LogP) is 4.01. The summed E-state index contributed by atoms with van der Waals surface area (Å²) >= 11 is 0. The smallest absolute Gasteiger partial charge is 0.231 e. The number of amides is 1. The maximum Gasteiger partial charge on any atom is 0.231 e. The molecule has 4 aromatic rings. The number of nitrogens with zero attached hydrogens (tertiary/aromatic N) is 3. The van der Waals surface area contributed by atoms with E-state index in [1.54, 1.807) is 14.2 Å². The van der Waals surface area contributed by atoms with E-state index in [0.29, 0.717) is 36.6 Å². The number of hydrogen-bond acceptors (Lipinski definition) is 7. The average molecular weight is 489 g/mol. The SMILES string of the molecule is COc1ccc(-c2cc3nc(C)c(CCC(=O)NCc4ccc5c(c4)OCO5)c(C)n3n2)c(OC)c1. The minimum atomic E-state index is -0.0318. The Bertz CT molecular complexity index is 1450. The van der Waals surface area contributed by atoms with Crippen molar-refractivity contribution in [3.05, 3.63) is 65.0 Å². The van der Waals surface area contributed by atoms with Crippen molar-refractivity contribution in [3.8, 4) is 34.3 Å². The number of hydrogen-bond donors (Lipinski definition) is 1. The number of benzene rings is 2. The Kier molecular flexibility index (Phi) is 6.37. The molecule has 1 aliphatic rings. The van der Waals surface area contributed by atoms with Gasteiger partial charge in [-0.3, -0.25) is 4.79 Å². The maximum absolute atomic E-state index is 12.6. The molecular weight excluding hydrogens is 460 g/mol. The summed E-state index contributed by atoms with van der Waals surface area (Å²) in [5.41, 5.74) is 6.16. The summed E-state index contributed by atoms with van der Waals surface area (Å²) in [5.74, 6) is 2.79. The Morgan fingerprint density at radius 2 is 1.89 bits per heavy atom. The van der Waals surface area contributed by atoms with Crippen molar-refractivity contribution in [1.29, 1.82) is 0 Å². The van der Waals surface area contributed by atoms with Crippen LogP contribution in [0.1, 0.15) is 28.9 Å². The first-order valence-corrected chi connectivity index (χ1v) is 11.7. The summed E-state index contributed by atoms with van der Waals surface area (Å²) in [6.45, 7) is 4.63. The van der Waals surface area contributed by atoms with Gasteiger partial charge < -0.3 is 24.3 Å². The Morgan fingerprint density at radius 1 is 1.06 bits per heavy atom. The topological polar surface area (TPSA) is 96.2 Å². The van der Waals surface area contributed by atoms with Crippen LogP contribution in [0.2, 0.25) is 0 Å². The number of rotatable bonds is 8. The Balaban J connectivity index is 1.30. The highest BCUT2D eigenvalue weighted by atomic mass is 16.7. The summed E-state index contributed by atoms with van der Waals surface area (Å²) in [5, 5.41) is 7.77. The van der Waals surface area contributed by atoms with E-state index in [1.807, 2.05) is 60.8 Å². The molecule has 1 N–H and O–H groups in total. The van der Waals surface area contributed by atoms with Gasteiger partial charge in [-0.25, -0.2) is 9.50 Å². The first kappa shape index (κ1) is 23.5. The van der Waals surface area contributed by atoms with Gasteiger partial charge in [-0.05, 0) is 55.7 Å². The first-order valence-electron chi connectivity index (χ1n) is 11.7. The largest absolute Gasteiger partial charge is 0.497 e. The lowest BCUT2D eigenvalue weighted by Crippen LogP contribution is -2.23. The predicted molar refractivity (Wildman–Crippen MR) is 134 cm³/mol. The second-order valence-corrected chi connectivity index (χ2v) is 8.59. The summed E-state index contributed by atoms with van der Waals surface area (Å²) < 4.78 is 23.4. The van der Waals surface area contributed by atoms with Crippen LogP contribution in [0.25, 0.3) is 16.9 Å². The number of ether oxygens (including phenoxy) is 4. The molecule has 36 heavy (non-hydrogen) atoms. The third-order valence-electron chi connectivity index (χ3n) is 6.38. The summed E-state index contributed by atoms with van der Waals surface area (Å²) in [4.78, 5) is 17.3. The number of carbonyl (C=O) groups is 1. The molecule has 2 aromatic carbocycles. The van der Waals surface area contributed by atoms with Gasteiger partial charge in [0.2, 0.25) is 12.7 Å². The van der Waals surface area contributed by atoms with E-state index in [4.69, 9.17) is 29.0 Å². The molecule has 0 unspecified atom stereocenters. The van der Waals surface area contributed by atoms with E-state index in [0.717, 1.165) is 45.2 Å². The third-order valence-corrected chi connectivity index (χ3v) is 6.38. The van der Waals surface area contributed by atoms with Gasteiger partial charge in [-0.2, -0.15) is 5.10 Å². The van der Waals surface area contributed by atoms with E-state index in [-0.39, 0.29) is 12.7 Å². The minimum Gasteiger partial charge on any atom is -0.497 e. The van der Waals surface area contributed by atoms with Gasteiger partial charge in [0.15, 0.2) is 17.1 Å². The fourth-order valence-corrected chi connectivity index (χ4v) is 4.41. The quantitative estimate of drug-likeness (QED) is 0.400. The van der Waals surface area contributed by atoms with Crippen molar-refractivity contribution in [1.82, 2.24) is 19.9 Å². The van der Waals surface area contributed by atoms with Crippen LogP contribution in [0, 0.1) is 13.8 Å². The van der Waals surface area contributed by atoms with Crippen molar-refractivity contribution >= 4 is 11.6 Å². The van der Waals surface area contributed by atoms with Crippen LogP contribution in [0.5, 0.6) is 23.0 Å². The molecular formula is C27H28N4O5. The maximum atomic E-state index is 12.6. The highest BCUT2D eigenvalue weighted by Gasteiger charge is 2.17. The fraction of sp³-hybridized carbons (Fsp3) is 0.296. The lowest BCUT2D eigenvalue weighted by atomic mass is 10.1. The van der Waals surface area contributed by atoms with Gasteiger partial charge >= 0.3 is 0 Å². The highest BCUT2D eigenvalue weighted by molar-refractivity contribution is 5.76. The van der Waals surface area contributed by atoms with Crippen LogP contribution in [0.15, 0.2) is 42.5 Å². The number of fused-ring (bicyclic) bond motifs is 2. The van der Waals surface area contributed by atoms with Crippen LogP contribution in [0.4, 0.5) is 0 Å². The number of nitrogens with one attached hydrogen (secondary N) is 1. The molecule has 0 bridgehead atoms. The molecule has 0 saturated heterocycles. The standard InChI is InChI=1S/C27H28N4O5/c1-16-20(8-10-27(32)28-14-18-5-9-23-25(11-18)36-15-35-23)17(2)31-26(29-16)13-22(30-31)21-7-6-19(33-3)12-24(21)34-4/h5-7,9,11-13H,8,10,14-15H2,1-4H3,(H,28,32). The molecule has 0 spiro atoms. The zero-order chi connectivity index (χ0) is 25.2. The van der Waals surface area contributed by atoms with Crippen molar-refractivity contribution < 1.29 is 23.7 Å². The highest BCUT2D eigenvalue weighted by Crippen LogP contribution is 2.34. The average Bonchev–Trinajstić information content (AvgIpc) is 3.53. The summed E-state index contributed by atoms with van der Waals surface area (Å²) in [6, 6.07) is 13.2. The second-order valence-electron chi connectivity index (χ2n) is 8.59. The lowest BCUT2D eigenvalue weighted by molar-refractivity contribution is -0.121. The van der Waals surface area contributed by atoms with Gasteiger partial charge in [0.25, 0.3) is 0 Å². The van der Waals surface area contributed by atoms with E-state index in [2.05, 4.69) is 5.32 Å². The number of aryl methyl sites for hydroxylation is 2. The minimum absolute atomic E-state index is 0.0318. The van der Waals surface area contributed by atoms with Gasteiger partial charge in [-0.15, -0.1) is 0 Å². The number of carbonyl (C=O) groups excluding carboxylic acids is 1. The molecule has 9 nitrogen and oxygen atoms in total. The molecule has 0 aliphatic carbocycles. The molecule has 3 heterocycles. The molecule has 0 atom stereocenters. The van der Waals surface area contributed by atoms with Crippen molar-refractivity contribution in [3.63, 3.8) is 0 Å². The summed E-state index contributed by atoms with van der Waals surface area (Å²) in [7, 11) is 3.24. The van der Waals surface area contributed by atoms with Gasteiger partial charge in [-0.1, -0.05) is 6.07 Å². The van der Waals surface area contributed by atoms with Crippen molar-refractivity contribution in [2.24, 2.45) is 0 Å². The molecule has 2 aromatic heterocycles. The molecule has 5 rings (SSSR count). The van der Waals surface area contributed by atoms with Gasteiger partial charge in [0.1, 0.15) is 11.5 Å². The second kappa shape index (κ2) is 9.77. The zero-order valence-corrected chi connectivity index (χ0v) is 20.8. The molecule has 186 valence electrons. The van der Waals surface area contributed by atoms with Crippen LogP contribution < -0.4 is 24.3 Å². The van der Waals surface area contributed by atoms with E-state index in [9.17, 15) is 4.79 Å². The van der Waals surface area contributed by atoms with Crippen LogP contribution in [-0.4, -0.2) is 41.5 Å². The number of aromatic nitrogens is 3. The molecule has 1 amide bonds. The Hall–Kier alpha value is -4.27. The first-order chi connectivity index (χ1) is 17.5. The van der Waals surface area contributed by atoms with Crippen LogP contribution >= 0.6 is 0 Å². The normalized spacial score (nSPS) is 12.1. The lowest BCUT2D eigenvalue weighted by Gasteiger charge is -2.11. The van der Waals surface area contributed by atoms with E-state index < -0.39 is 0 Å². The third kappa shape index (κ3) is 4.51. The molecule has 9 heteroatoms. The molecule has 0 saturated carbocycles. The Morgan fingerprint density at radius 3 is 2.69 bits per heavy atom.